The molecule has 1 aromatic rings. The average Bonchev–Trinajstić information content (AvgIpc) is 2.08. The van der Waals surface area contributed by atoms with Crippen molar-refractivity contribution in [1.29, 1.82) is 0 Å². The van der Waals surface area contributed by atoms with E-state index in [-0.39, 0.29) is 0 Å². The van der Waals surface area contributed by atoms with Crippen molar-refractivity contribution in [1.82, 2.24) is 0 Å². The van der Waals surface area contributed by atoms with Gasteiger partial charge in [0.05, 0.1) is 0 Å². The van der Waals surface area contributed by atoms with E-state index in [4.69, 9.17) is 0 Å². The van der Waals surface area contributed by atoms with Gasteiger partial charge in [-0.3, -0.25) is 0 Å². The lowest BCUT2D eigenvalue weighted by atomic mass is 9.82. The van der Waals surface area contributed by atoms with Crippen LogP contribution in [-0.4, -0.2) is 0 Å². The summed E-state index contributed by atoms with van der Waals surface area (Å²) < 4.78 is 0. The largest absolute Gasteiger partial charge is 0.0599 e. The third-order valence-corrected chi connectivity index (χ3v) is 3.24. The fraction of sp³-hybridized carbons (Fsp3) is 0.667. The molecule has 102 valence electrons. The summed E-state index contributed by atoms with van der Waals surface area (Å²) in [5.74, 6) is 0. The zero-order valence-electron chi connectivity index (χ0n) is 13.6. The molecule has 0 heterocycles. The molecule has 18 heavy (non-hydrogen) atoms. The molecule has 1 aromatic carbocycles. The first-order chi connectivity index (χ1) is 7.98. The predicted molar refractivity (Wildman–Crippen MR) is 82.2 cm³/mol. The van der Waals surface area contributed by atoms with E-state index in [1.807, 2.05) is 0 Å². The molecule has 0 saturated heterocycles. The Hall–Kier alpha value is -0.780. The van der Waals surface area contributed by atoms with Crippen molar-refractivity contribution in [3.8, 4) is 0 Å². The fourth-order valence-corrected chi connectivity index (χ4v) is 2.46. The number of hydrogen-bond donors (Lipinski definition) is 0. The second-order valence-corrected chi connectivity index (χ2v) is 8.18. The van der Waals surface area contributed by atoms with Gasteiger partial charge in [-0.15, -0.1) is 0 Å². The van der Waals surface area contributed by atoms with Gasteiger partial charge in [0.2, 0.25) is 0 Å². The molecule has 0 aromatic heterocycles. The molecule has 0 N–H and O–H groups in total. The first-order valence-electron chi connectivity index (χ1n) is 7.07. The Morgan fingerprint density at radius 2 is 0.944 bits per heavy atom. The Labute approximate surface area is 114 Å². The second kappa shape index (κ2) is 5.07. The third-order valence-electron chi connectivity index (χ3n) is 3.24. The fourth-order valence-electron chi connectivity index (χ4n) is 2.46. The van der Waals surface area contributed by atoms with Crippen LogP contribution in [0.2, 0.25) is 0 Å². The minimum absolute atomic E-state index is 0.364. The maximum Gasteiger partial charge on any atom is -0.0227 e. The van der Waals surface area contributed by atoms with Crippen molar-refractivity contribution >= 4 is 0 Å². The molecule has 0 spiro atoms. The van der Waals surface area contributed by atoms with Gasteiger partial charge in [-0.2, -0.15) is 0 Å². The van der Waals surface area contributed by atoms with Crippen molar-refractivity contribution in [2.75, 3.05) is 0 Å². The van der Waals surface area contributed by atoms with E-state index in [1.54, 1.807) is 0 Å². The van der Waals surface area contributed by atoms with Crippen LogP contribution in [0.5, 0.6) is 0 Å². The van der Waals surface area contributed by atoms with Crippen LogP contribution in [0.4, 0.5) is 0 Å². The smallest absolute Gasteiger partial charge is 0.0227 e. The number of aryl methyl sites for hydroxylation is 2. The zero-order valence-corrected chi connectivity index (χ0v) is 13.6. The molecule has 0 bridgehead atoms. The van der Waals surface area contributed by atoms with Gasteiger partial charge in [0.25, 0.3) is 0 Å². The second-order valence-electron chi connectivity index (χ2n) is 8.18. The van der Waals surface area contributed by atoms with Gasteiger partial charge >= 0.3 is 0 Å². The SMILES string of the molecule is Cc1cc(CC(C)(C)C)c(C)cc1CC(C)(C)C. The standard InChI is InChI=1S/C18H30/c1-13-9-16(12-18(6,7)8)14(2)10-15(13)11-17(3,4)5/h9-10H,11-12H2,1-8H3. The van der Waals surface area contributed by atoms with E-state index in [0.717, 1.165) is 12.8 Å². The van der Waals surface area contributed by atoms with Crippen LogP contribution >= 0.6 is 0 Å². The lowest BCUT2D eigenvalue weighted by molar-refractivity contribution is 0.406. The minimum Gasteiger partial charge on any atom is -0.0599 e. The number of hydrogen-bond acceptors (Lipinski definition) is 0. The van der Waals surface area contributed by atoms with Crippen molar-refractivity contribution in [3.05, 3.63) is 34.4 Å². The van der Waals surface area contributed by atoms with Gasteiger partial charge in [0.1, 0.15) is 0 Å². The van der Waals surface area contributed by atoms with Crippen molar-refractivity contribution in [2.45, 2.75) is 68.2 Å². The van der Waals surface area contributed by atoms with Gasteiger partial charge in [0, 0.05) is 0 Å². The Bertz CT molecular complexity index is 369. The summed E-state index contributed by atoms with van der Waals surface area (Å²) in [7, 11) is 0. The van der Waals surface area contributed by atoms with E-state index in [1.165, 1.54) is 22.3 Å². The molecule has 0 nitrogen and oxygen atoms in total. The molecule has 0 heteroatoms. The normalized spacial score (nSPS) is 12.9. The van der Waals surface area contributed by atoms with Crippen LogP contribution in [-0.2, 0) is 12.8 Å². The number of rotatable bonds is 2. The Kier molecular flexibility index (Phi) is 4.30. The van der Waals surface area contributed by atoms with Gasteiger partial charge in [-0.25, -0.2) is 0 Å². The highest BCUT2D eigenvalue weighted by molar-refractivity contribution is 5.38. The highest BCUT2D eigenvalue weighted by Gasteiger charge is 2.17. The summed E-state index contributed by atoms with van der Waals surface area (Å²) in [4.78, 5) is 0. The van der Waals surface area contributed by atoms with Gasteiger partial charge in [-0.05, 0) is 59.8 Å². The van der Waals surface area contributed by atoms with E-state index >= 15 is 0 Å². The molecular formula is C18H30. The summed E-state index contributed by atoms with van der Waals surface area (Å²) in [5.41, 5.74) is 6.66. The molecule has 0 aliphatic carbocycles. The van der Waals surface area contributed by atoms with Crippen LogP contribution in [0.25, 0.3) is 0 Å². The molecule has 0 atom stereocenters. The molecule has 0 radical (unpaired) electrons. The maximum absolute atomic E-state index is 2.40. The van der Waals surface area contributed by atoms with Crippen LogP contribution in [0.1, 0.15) is 63.8 Å². The summed E-state index contributed by atoms with van der Waals surface area (Å²) in [5, 5.41) is 0. The Morgan fingerprint density at radius 3 is 1.17 bits per heavy atom. The molecule has 0 amide bonds. The Balaban J connectivity index is 3.05. The molecular weight excluding hydrogens is 216 g/mol. The first kappa shape index (κ1) is 15.3. The average molecular weight is 246 g/mol. The maximum atomic E-state index is 2.40. The molecule has 0 saturated carbocycles. The van der Waals surface area contributed by atoms with Crippen molar-refractivity contribution < 1.29 is 0 Å². The molecule has 1 rings (SSSR count). The predicted octanol–water partition coefficient (Wildman–Crippen LogP) is 5.48. The van der Waals surface area contributed by atoms with E-state index < -0.39 is 0 Å². The highest BCUT2D eigenvalue weighted by Crippen LogP contribution is 2.28. The van der Waals surface area contributed by atoms with E-state index in [2.05, 4.69) is 67.5 Å². The lowest BCUT2D eigenvalue weighted by Gasteiger charge is -2.23. The summed E-state index contributed by atoms with van der Waals surface area (Å²) in [6.45, 7) is 18.4. The van der Waals surface area contributed by atoms with Gasteiger partial charge < -0.3 is 0 Å². The van der Waals surface area contributed by atoms with Crippen LogP contribution in [0.3, 0.4) is 0 Å². The Morgan fingerprint density at radius 1 is 0.667 bits per heavy atom. The van der Waals surface area contributed by atoms with Crippen LogP contribution < -0.4 is 0 Å². The quantitative estimate of drug-likeness (QED) is 0.648. The van der Waals surface area contributed by atoms with Crippen molar-refractivity contribution in [2.24, 2.45) is 10.8 Å². The molecule has 0 aliphatic heterocycles. The monoisotopic (exact) mass is 246 g/mol. The summed E-state index contributed by atoms with van der Waals surface area (Å²) >= 11 is 0. The molecule has 0 unspecified atom stereocenters. The zero-order chi connectivity index (χ0) is 14.1. The highest BCUT2D eigenvalue weighted by atomic mass is 14.2. The van der Waals surface area contributed by atoms with E-state index in [0.29, 0.717) is 10.8 Å². The lowest BCUT2D eigenvalue weighted by Crippen LogP contribution is -2.13. The van der Waals surface area contributed by atoms with Gasteiger partial charge in [0.15, 0.2) is 0 Å². The summed E-state index contributed by atoms with van der Waals surface area (Å²) in [6.07, 6.45) is 2.32. The van der Waals surface area contributed by atoms with E-state index in [9.17, 15) is 0 Å². The van der Waals surface area contributed by atoms with Crippen LogP contribution in [0, 0.1) is 24.7 Å². The third kappa shape index (κ3) is 4.84. The van der Waals surface area contributed by atoms with Crippen LogP contribution in [0.15, 0.2) is 12.1 Å². The summed E-state index contributed by atoms with van der Waals surface area (Å²) in [6, 6.07) is 4.81. The molecule has 0 aliphatic rings. The van der Waals surface area contributed by atoms with Crippen molar-refractivity contribution in [3.63, 3.8) is 0 Å². The molecule has 0 fully saturated rings. The first-order valence-corrected chi connectivity index (χ1v) is 7.07. The minimum atomic E-state index is 0.364. The number of benzene rings is 1. The topological polar surface area (TPSA) is 0 Å². The van der Waals surface area contributed by atoms with Gasteiger partial charge in [-0.1, -0.05) is 53.7 Å².